The molecule has 2 aromatic rings. The summed E-state index contributed by atoms with van der Waals surface area (Å²) >= 11 is 0. The van der Waals surface area contributed by atoms with Crippen LogP contribution in [0.3, 0.4) is 0 Å². The number of carboxylic acids is 1. The van der Waals surface area contributed by atoms with Crippen molar-refractivity contribution in [2.45, 2.75) is 26.3 Å². The van der Waals surface area contributed by atoms with Gasteiger partial charge in [0.05, 0.1) is 12.8 Å². The lowest BCUT2D eigenvalue weighted by atomic mass is 10.1. The van der Waals surface area contributed by atoms with Crippen molar-refractivity contribution < 1.29 is 19.4 Å². The van der Waals surface area contributed by atoms with Crippen LogP contribution in [0.1, 0.15) is 30.0 Å². The van der Waals surface area contributed by atoms with Crippen LogP contribution in [-0.2, 0) is 4.79 Å². The molecule has 0 atom stereocenters. The highest BCUT2D eigenvalue weighted by atomic mass is 16.5. The van der Waals surface area contributed by atoms with E-state index in [9.17, 15) is 9.59 Å². The molecule has 21 heavy (non-hydrogen) atoms. The molecule has 0 fully saturated rings. The molecule has 0 saturated heterocycles. The van der Waals surface area contributed by atoms with E-state index in [4.69, 9.17) is 9.84 Å². The summed E-state index contributed by atoms with van der Waals surface area (Å²) < 4.78 is 6.79. The summed E-state index contributed by atoms with van der Waals surface area (Å²) in [6.07, 6.45) is 1.68. The number of nitrogens with one attached hydrogen (secondary N) is 1. The van der Waals surface area contributed by atoms with Crippen molar-refractivity contribution in [2.24, 2.45) is 0 Å². The summed E-state index contributed by atoms with van der Waals surface area (Å²) in [6, 6.07) is 3.47. The van der Waals surface area contributed by atoms with Crippen LogP contribution < -0.4 is 10.1 Å². The Labute approximate surface area is 121 Å². The van der Waals surface area contributed by atoms with E-state index in [-0.39, 0.29) is 0 Å². The van der Waals surface area contributed by atoms with Crippen LogP contribution in [0.2, 0.25) is 0 Å². The Hall–Kier alpha value is -2.57. The lowest BCUT2D eigenvalue weighted by molar-refractivity contribution is -0.143. The Balaban J connectivity index is 2.50. The molecule has 0 aliphatic carbocycles. The molecule has 112 valence electrons. The molecule has 2 heterocycles. The number of carbonyl (C=O) groups excluding carboxylic acids is 1. The monoisotopic (exact) mass is 291 g/mol. The SMILES string of the molecule is COc1cccn2c(C(=O)NC(C)(C)C(=O)O)c(C)nc12. The van der Waals surface area contributed by atoms with Crippen LogP contribution in [0.5, 0.6) is 5.75 Å². The third kappa shape index (κ3) is 2.54. The lowest BCUT2D eigenvalue weighted by Gasteiger charge is -2.20. The van der Waals surface area contributed by atoms with Crippen molar-refractivity contribution in [3.8, 4) is 5.75 Å². The average Bonchev–Trinajstić information content (AvgIpc) is 2.73. The number of nitrogens with zero attached hydrogens (tertiary/aromatic N) is 2. The first kappa shape index (κ1) is 14.8. The van der Waals surface area contributed by atoms with Gasteiger partial charge in [0.15, 0.2) is 11.4 Å². The Morgan fingerprint density at radius 3 is 2.67 bits per heavy atom. The van der Waals surface area contributed by atoms with E-state index >= 15 is 0 Å². The summed E-state index contributed by atoms with van der Waals surface area (Å²) in [4.78, 5) is 27.8. The maximum Gasteiger partial charge on any atom is 0.328 e. The fourth-order valence-corrected chi connectivity index (χ4v) is 1.99. The summed E-state index contributed by atoms with van der Waals surface area (Å²) in [5.74, 6) is -1.07. The van der Waals surface area contributed by atoms with E-state index in [1.807, 2.05) is 0 Å². The third-order valence-corrected chi connectivity index (χ3v) is 3.18. The third-order valence-electron chi connectivity index (χ3n) is 3.18. The number of fused-ring (bicyclic) bond motifs is 1. The Morgan fingerprint density at radius 1 is 1.43 bits per heavy atom. The number of carbonyl (C=O) groups is 2. The molecule has 0 aromatic carbocycles. The zero-order valence-corrected chi connectivity index (χ0v) is 12.3. The molecular formula is C14H17N3O4. The molecule has 0 bridgehead atoms. The molecule has 2 rings (SSSR count). The second kappa shape index (κ2) is 5.08. The zero-order valence-electron chi connectivity index (χ0n) is 12.3. The maximum absolute atomic E-state index is 12.4. The topological polar surface area (TPSA) is 92.9 Å². The van der Waals surface area contributed by atoms with Crippen LogP contribution in [0.4, 0.5) is 0 Å². The molecule has 0 unspecified atom stereocenters. The minimum Gasteiger partial charge on any atom is -0.493 e. The Morgan fingerprint density at radius 2 is 2.10 bits per heavy atom. The van der Waals surface area contributed by atoms with Crippen LogP contribution in [0.25, 0.3) is 5.65 Å². The Bertz CT molecular complexity index is 718. The number of aromatic nitrogens is 2. The van der Waals surface area contributed by atoms with E-state index in [1.54, 1.807) is 29.7 Å². The molecule has 0 aliphatic rings. The minimum absolute atomic E-state index is 0.290. The van der Waals surface area contributed by atoms with Crippen molar-refractivity contribution in [3.63, 3.8) is 0 Å². The number of rotatable bonds is 4. The second-order valence-electron chi connectivity index (χ2n) is 5.20. The van der Waals surface area contributed by atoms with E-state index < -0.39 is 17.4 Å². The van der Waals surface area contributed by atoms with Crippen molar-refractivity contribution in [3.05, 3.63) is 29.7 Å². The van der Waals surface area contributed by atoms with Crippen LogP contribution in [0, 0.1) is 6.92 Å². The molecule has 0 spiro atoms. The van der Waals surface area contributed by atoms with E-state index in [0.717, 1.165) is 0 Å². The molecule has 7 heteroatoms. The van der Waals surface area contributed by atoms with Gasteiger partial charge in [-0.05, 0) is 32.9 Å². The Kier molecular flexibility index (Phi) is 3.59. The predicted molar refractivity (Wildman–Crippen MR) is 75.7 cm³/mol. The quantitative estimate of drug-likeness (QED) is 0.884. The summed E-state index contributed by atoms with van der Waals surface area (Å²) in [5, 5.41) is 11.6. The fourth-order valence-electron chi connectivity index (χ4n) is 1.99. The van der Waals surface area contributed by atoms with Gasteiger partial charge in [0.25, 0.3) is 5.91 Å². The standard InChI is InChI=1S/C14H17N3O4/c1-8-10(12(18)16-14(2,3)13(19)20)17-7-5-6-9(21-4)11(17)15-8/h5-7H,1-4H3,(H,16,18)(H,19,20). The van der Waals surface area contributed by atoms with Crippen molar-refractivity contribution in [1.29, 1.82) is 0 Å². The predicted octanol–water partition coefficient (Wildman–Crippen LogP) is 1.24. The first-order valence-corrected chi connectivity index (χ1v) is 6.35. The number of carboxylic acid groups (broad SMARTS) is 1. The summed E-state index contributed by atoms with van der Waals surface area (Å²) in [7, 11) is 1.52. The largest absolute Gasteiger partial charge is 0.493 e. The number of pyridine rings is 1. The van der Waals surface area contributed by atoms with Crippen LogP contribution in [0.15, 0.2) is 18.3 Å². The molecule has 2 N–H and O–H groups in total. The van der Waals surface area contributed by atoms with Crippen LogP contribution in [-0.4, -0.2) is 39.0 Å². The first-order chi connectivity index (χ1) is 9.77. The van der Waals surface area contributed by atoms with E-state index in [2.05, 4.69) is 10.3 Å². The smallest absolute Gasteiger partial charge is 0.328 e. The van der Waals surface area contributed by atoms with Gasteiger partial charge < -0.3 is 15.2 Å². The minimum atomic E-state index is -1.37. The fraction of sp³-hybridized carbons (Fsp3) is 0.357. The number of methoxy groups -OCH3 is 1. The molecule has 2 aromatic heterocycles. The van der Waals surface area contributed by atoms with Crippen molar-refractivity contribution >= 4 is 17.5 Å². The summed E-state index contributed by atoms with van der Waals surface area (Å²) in [5.41, 5.74) is -0.0702. The van der Waals surface area contributed by atoms with Gasteiger partial charge in [-0.15, -0.1) is 0 Å². The van der Waals surface area contributed by atoms with Gasteiger partial charge >= 0.3 is 5.97 Å². The maximum atomic E-state index is 12.4. The average molecular weight is 291 g/mol. The normalized spacial score (nSPS) is 11.4. The van der Waals surface area contributed by atoms with E-state index in [1.165, 1.54) is 21.0 Å². The van der Waals surface area contributed by atoms with Crippen molar-refractivity contribution in [1.82, 2.24) is 14.7 Å². The highest BCUT2D eigenvalue weighted by molar-refractivity contribution is 5.98. The zero-order chi connectivity index (χ0) is 15.8. The number of ether oxygens (including phenoxy) is 1. The van der Waals surface area contributed by atoms with Crippen molar-refractivity contribution in [2.75, 3.05) is 7.11 Å². The number of hydrogen-bond acceptors (Lipinski definition) is 4. The molecule has 0 aliphatic heterocycles. The van der Waals surface area contributed by atoms with Gasteiger partial charge in [0, 0.05) is 6.20 Å². The molecule has 1 amide bonds. The van der Waals surface area contributed by atoms with Gasteiger partial charge in [-0.2, -0.15) is 0 Å². The number of imidazole rings is 1. The van der Waals surface area contributed by atoms with Gasteiger partial charge in [0.2, 0.25) is 0 Å². The highest BCUT2D eigenvalue weighted by Gasteiger charge is 2.31. The lowest BCUT2D eigenvalue weighted by Crippen LogP contribution is -2.50. The van der Waals surface area contributed by atoms with Crippen LogP contribution >= 0.6 is 0 Å². The highest BCUT2D eigenvalue weighted by Crippen LogP contribution is 2.21. The van der Waals surface area contributed by atoms with Gasteiger partial charge in [-0.3, -0.25) is 9.20 Å². The first-order valence-electron chi connectivity index (χ1n) is 6.35. The van der Waals surface area contributed by atoms with Gasteiger partial charge in [-0.25, -0.2) is 9.78 Å². The molecule has 7 nitrogen and oxygen atoms in total. The van der Waals surface area contributed by atoms with Gasteiger partial charge in [-0.1, -0.05) is 0 Å². The molecule has 0 saturated carbocycles. The molecule has 0 radical (unpaired) electrons. The molecular weight excluding hydrogens is 274 g/mol. The second-order valence-corrected chi connectivity index (χ2v) is 5.20. The van der Waals surface area contributed by atoms with E-state index in [0.29, 0.717) is 22.8 Å². The number of amides is 1. The number of aryl methyl sites for hydroxylation is 1. The summed E-state index contributed by atoms with van der Waals surface area (Å²) in [6.45, 7) is 4.54. The number of aliphatic carboxylic acids is 1. The number of hydrogen-bond donors (Lipinski definition) is 2. The van der Waals surface area contributed by atoms with Gasteiger partial charge in [0.1, 0.15) is 11.2 Å².